The van der Waals surface area contributed by atoms with Crippen molar-refractivity contribution >= 4 is 29.3 Å². The molecule has 0 spiro atoms. The summed E-state index contributed by atoms with van der Waals surface area (Å²) in [4.78, 5) is 39.9. The van der Waals surface area contributed by atoms with Crippen molar-refractivity contribution in [3.05, 3.63) is 23.9 Å². The van der Waals surface area contributed by atoms with Gasteiger partial charge in [-0.15, -0.1) is 0 Å². The third kappa shape index (κ3) is 12.0. The van der Waals surface area contributed by atoms with E-state index in [0.717, 1.165) is 18.6 Å². The van der Waals surface area contributed by atoms with Crippen LogP contribution in [0.25, 0.3) is 0 Å². The summed E-state index contributed by atoms with van der Waals surface area (Å²) in [6.45, 7) is 7.16. The van der Waals surface area contributed by atoms with Crippen molar-refractivity contribution in [2.45, 2.75) is 65.3 Å². The van der Waals surface area contributed by atoms with Crippen LogP contribution in [-0.2, 0) is 14.3 Å². The highest BCUT2D eigenvalue weighted by molar-refractivity contribution is 5.94. The fourth-order valence-electron chi connectivity index (χ4n) is 2.61. The first-order valence-electron chi connectivity index (χ1n) is 11.0. The Kier molecular flexibility index (Phi) is 13.3. The molecule has 0 bridgehead atoms. The highest BCUT2D eigenvalue weighted by Gasteiger charge is 2.17. The molecule has 32 heavy (non-hydrogen) atoms. The van der Waals surface area contributed by atoms with Crippen LogP contribution in [0.5, 0.6) is 0 Å². The number of nitrogens with zero attached hydrogens (tertiary/aromatic N) is 2. The van der Waals surface area contributed by atoms with E-state index in [9.17, 15) is 14.4 Å². The van der Waals surface area contributed by atoms with Crippen LogP contribution in [0.4, 0.5) is 5.82 Å². The molecule has 0 fully saturated rings. The molecule has 0 saturated heterocycles. The first-order chi connectivity index (χ1) is 15.3. The minimum atomic E-state index is -0.729. The van der Waals surface area contributed by atoms with Crippen molar-refractivity contribution in [1.29, 1.82) is 0 Å². The Morgan fingerprint density at radius 2 is 1.94 bits per heavy atom. The number of anilines is 1. The van der Waals surface area contributed by atoms with Gasteiger partial charge in [-0.2, -0.15) is 5.10 Å². The van der Waals surface area contributed by atoms with Crippen LogP contribution < -0.4 is 21.8 Å². The van der Waals surface area contributed by atoms with E-state index >= 15 is 0 Å². The number of nitrogens with two attached hydrogens (primary N) is 1. The third-order valence-electron chi connectivity index (χ3n) is 4.42. The lowest BCUT2D eigenvalue weighted by Crippen LogP contribution is -2.44. The molecule has 1 atom stereocenters. The van der Waals surface area contributed by atoms with Gasteiger partial charge in [0, 0.05) is 31.5 Å². The van der Waals surface area contributed by atoms with Gasteiger partial charge in [-0.05, 0) is 51.7 Å². The van der Waals surface area contributed by atoms with E-state index in [2.05, 4.69) is 33.1 Å². The van der Waals surface area contributed by atoms with Crippen LogP contribution >= 0.6 is 0 Å². The van der Waals surface area contributed by atoms with Gasteiger partial charge in [-0.1, -0.05) is 13.3 Å². The second kappa shape index (κ2) is 15.7. The van der Waals surface area contributed by atoms with Gasteiger partial charge in [-0.3, -0.25) is 19.8 Å². The molecule has 5 N–H and O–H groups in total. The quantitative estimate of drug-likeness (QED) is 0.173. The number of nitrogens with one attached hydrogen (secondary N) is 3. The number of hydrogen-bond donors (Lipinski definition) is 4. The number of unbranched alkanes of at least 4 members (excludes halogenated alkanes) is 2. The van der Waals surface area contributed by atoms with Gasteiger partial charge >= 0.3 is 0 Å². The highest BCUT2D eigenvalue weighted by atomic mass is 16.5. The van der Waals surface area contributed by atoms with E-state index in [1.54, 1.807) is 12.1 Å². The number of rotatable bonds is 16. The van der Waals surface area contributed by atoms with Gasteiger partial charge in [0.15, 0.2) is 0 Å². The predicted octanol–water partition coefficient (Wildman–Crippen LogP) is 1.97. The average Bonchev–Trinajstić information content (AvgIpc) is 2.76. The van der Waals surface area contributed by atoms with E-state index in [-0.39, 0.29) is 18.2 Å². The van der Waals surface area contributed by atoms with E-state index in [4.69, 9.17) is 10.5 Å². The molecular weight excluding hydrogens is 412 g/mol. The molecule has 0 aliphatic heterocycles. The number of aromatic nitrogens is 1. The third-order valence-corrected chi connectivity index (χ3v) is 4.42. The molecule has 178 valence electrons. The van der Waals surface area contributed by atoms with Crippen molar-refractivity contribution in [3.8, 4) is 0 Å². The van der Waals surface area contributed by atoms with Gasteiger partial charge in [0.25, 0.3) is 5.91 Å². The van der Waals surface area contributed by atoms with Crippen molar-refractivity contribution in [3.63, 3.8) is 0 Å². The molecule has 0 radical (unpaired) electrons. The summed E-state index contributed by atoms with van der Waals surface area (Å²) < 4.78 is 5.36. The number of hydrazone groups is 1. The number of carbonyl (C=O) groups excluding carboxylic acids is 3. The zero-order valence-electron chi connectivity index (χ0n) is 19.3. The monoisotopic (exact) mass is 448 g/mol. The first-order valence-corrected chi connectivity index (χ1v) is 11.0. The second-order valence-corrected chi connectivity index (χ2v) is 7.59. The van der Waals surface area contributed by atoms with Gasteiger partial charge in [0.2, 0.25) is 11.8 Å². The molecule has 0 aliphatic carbocycles. The van der Waals surface area contributed by atoms with Crippen molar-refractivity contribution in [1.82, 2.24) is 15.6 Å². The predicted molar refractivity (Wildman–Crippen MR) is 124 cm³/mol. The van der Waals surface area contributed by atoms with Gasteiger partial charge in [0.05, 0.1) is 12.2 Å². The Hall–Kier alpha value is -3.01. The molecular formula is C22H36N6O4. The molecule has 1 heterocycles. The van der Waals surface area contributed by atoms with Gasteiger partial charge < -0.3 is 21.1 Å². The Bertz CT molecular complexity index is 747. The fourth-order valence-corrected chi connectivity index (χ4v) is 2.61. The lowest BCUT2D eigenvalue weighted by Gasteiger charge is -2.15. The molecule has 10 heteroatoms. The average molecular weight is 449 g/mol. The number of carbonyl (C=O) groups is 3. The van der Waals surface area contributed by atoms with E-state index in [1.807, 2.05) is 13.8 Å². The maximum Gasteiger partial charge on any atom is 0.252 e. The van der Waals surface area contributed by atoms with E-state index < -0.39 is 11.9 Å². The lowest BCUT2D eigenvalue weighted by molar-refractivity contribution is -0.128. The minimum Gasteiger partial charge on any atom is -0.381 e. The summed E-state index contributed by atoms with van der Waals surface area (Å²) in [7, 11) is 0. The maximum absolute atomic E-state index is 12.2. The molecule has 1 aromatic heterocycles. The molecule has 0 unspecified atom stereocenters. The van der Waals surface area contributed by atoms with Gasteiger partial charge in [0.1, 0.15) is 11.9 Å². The normalized spacial score (nSPS) is 11.3. The van der Waals surface area contributed by atoms with E-state index in [0.29, 0.717) is 50.4 Å². The Balaban J connectivity index is 2.28. The van der Waals surface area contributed by atoms with Crippen LogP contribution in [0, 0.1) is 0 Å². The number of hydrogen-bond acceptors (Lipinski definition) is 7. The van der Waals surface area contributed by atoms with Crippen LogP contribution in [0.3, 0.4) is 0 Å². The zero-order chi connectivity index (χ0) is 23.8. The number of pyridine rings is 1. The smallest absolute Gasteiger partial charge is 0.252 e. The lowest BCUT2D eigenvalue weighted by atomic mass is 10.1. The largest absolute Gasteiger partial charge is 0.381 e. The molecule has 0 saturated carbocycles. The molecule has 0 aromatic carbocycles. The van der Waals surface area contributed by atoms with Crippen molar-refractivity contribution < 1.29 is 19.1 Å². The SMILES string of the molecule is CCCCOCCC(=O)N[C@@H](CCCCNC(=O)c1ccc(NN=C(C)C)nc1)C(N)=O. The minimum absolute atomic E-state index is 0.191. The summed E-state index contributed by atoms with van der Waals surface area (Å²) in [6, 6.07) is 2.61. The Labute approximate surface area is 189 Å². The summed E-state index contributed by atoms with van der Waals surface area (Å²) in [5.41, 5.74) is 9.49. The highest BCUT2D eigenvalue weighted by Crippen LogP contribution is 2.06. The standard InChI is InChI=1S/C22H36N6O4/c1-4-5-13-32-14-11-20(29)26-18(21(23)30)8-6-7-12-24-22(31)17-9-10-19(25-15-17)28-27-16(2)3/h9-10,15,18H,4-8,11-14H2,1-3H3,(H2,23,30)(H,24,31)(H,25,28)(H,26,29)/t18-/m0/s1. The van der Waals surface area contributed by atoms with Gasteiger partial charge in [-0.25, -0.2) is 4.98 Å². The Morgan fingerprint density at radius 1 is 1.16 bits per heavy atom. The van der Waals surface area contributed by atoms with Crippen LogP contribution in [0.2, 0.25) is 0 Å². The molecule has 10 nitrogen and oxygen atoms in total. The van der Waals surface area contributed by atoms with Crippen molar-refractivity contribution in [2.24, 2.45) is 10.8 Å². The summed E-state index contributed by atoms with van der Waals surface area (Å²) in [5.74, 6) is -0.516. The number of ether oxygens (including phenoxy) is 1. The molecule has 1 aromatic rings. The van der Waals surface area contributed by atoms with Crippen LogP contribution in [-0.4, -0.2) is 54.2 Å². The summed E-state index contributed by atoms with van der Waals surface area (Å²) in [6.07, 6.45) is 5.33. The number of primary amides is 1. The zero-order valence-corrected chi connectivity index (χ0v) is 19.3. The summed E-state index contributed by atoms with van der Waals surface area (Å²) >= 11 is 0. The topological polar surface area (TPSA) is 148 Å². The van der Waals surface area contributed by atoms with Crippen molar-refractivity contribution in [2.75, 3.05) is 25.2 Å². The molecule has 3 amide bonds. The van der Waals surface area contributed by atoms with Crippen LogP contribution in [0.15, 0.2) is 23.4 Å². The van der Waals surface area contributed by atoms with E-state index in [1.165, 1.54) is 6.20 Å². The maximum atomic E-state index is 12.2. The molecule has 1 rings (SSSR count). The number of amides is 3. The first kappa shape index (κ1) is 27.0. The second-order valence-electron chi connectivity index (χ2n) is 7.59. The summed E-state index contributed by atoms with van der Waals surface area (Å²) in [5, 5.41) is 9.51. The Morgan fingerprint density at radius 3 is 2.56 bits per heavy atom. The van der Waals surface area contributed by atoms with Crippen LogP contribution in [0.1, 0.15) is 69.7 Å². The molecule has 0 aliphatic rings. The fraction of sp³-hybridized carbons (Fsp3) is 0.591.